The summed E-state index contributed by atoms with van der Waals surface area (Å²) < 4.78 is 5.30. The van der Waals surface area contributed by atoms with E-state index < -0.39 is 0 Å². The number of hydrogen-bond acceptors (Lipinski definition) is 3. The number of rotatable bonds is 5. The van der Waals surface area contributed by atoms with Crippen molar-refractivity contribution in [1.29, 1.82) is 0 Å². The monoisotopic (exact) mass is 262 g/mol. The second-order valence-electron chi connectivity index (χ2n) is 6.04. The summed E-state index contributed by atoms with van der Waals surface area (Å²) in [6.45, 7) is 12.9. The van der Waals surface area contributed by atoms with Crippen molar-refractivity contribution in [2.45, 2.75) is 34.2 Å². The molecule has 3 nitrogen and oxygen atoms in total. The molecule has 0 aromatic heterocycles. The third-order valence-corrected chi connectivity index (χ3v) is 4.57. The van der Waals surface area contributed by atoms with Crippen molar-refractivity contribution in [3.05, 3.63) is 33.9 Å². The van der Waals surface area contributed by atoms with Crippen molar-refractivity contribution in [3.63, 3.8) is 0 Å². The predicted octanol–water partition coefficient (Wildman–Crippen LogP) is 1.99. The predicted molar refractivity (Wildman–Crippen MR) is 79.4 cm³/mol. The fraction of sp³-hybridized carbons (Fsp3) is 0.625. The van der Waals surface area contributed by atoms with Crippen LogP contribution in [-0.2, 0) is 11.3 Å². The van der Waals surface area contributed by atoms with Gasteiger partial charge in [-0.2, -0.15) is 0 Å². The molecule has 1 aromatic carbocycles. The van der Waals surface area contributed by atoms with Crippen LogP contribution >= 0.6 is 0 Å². The summed E-state index contributed by atoms with van der Waals surface area (Å²) >= 11 is 0. The lowest BCUT2D eigenvalue weighted by atomic mass is 9.86. The maximum Gasteiger partial charge on any atom is 0.0569 e. The van der Waals surface area contributed by atoms with Crippen LogP contribution in [-0.4, -0.2) is 26.3 Å². The van der Waals surface area contributed by atoms with Crippen molar-refractivity contribution in [3.8, 4) is 0 Å². The van der Waals surface area contributed by atoms with E-state index in [2.05, 4.69) is 39.1 Å². The Morgan fingerprint density at radius 1 is 1.16 bits per heavy atom. The van der Waals surface area contributed by atoms with Crippen LogP contribution in [0.15, 0.2) is 6.07 Å². The summed E-state index contributed by atoms with van der Waals surface area (Å²) in [7, 11) is 0. The van der Waals surface area contributed by atoms with Gasteiger partial charge in [-0.25, -0.2) is 0 Å². The van der Waals surface area contributed by atoms with Crippen molar-refractivity contribution in [2.75, 3.05) is 26.3 Å². The van der Waals surface area contributed by atoms with E-state index in [1.165, 1.54) is 27.8 Å². The first kappa shape index (κ1) is 14.5. The molecule has 106 valence electrons. The highest BCUT2D eigenvalue weighted by Gasteiger charge is 2.36. The molecular weight excluding hydrogens is 236 g/mol. The third-order valence-electron chi connectivity index (χ3n) is 4.57. The van der Waals surface area contributed by atoms with Gasteiger partial charge in [-0.1, -0.05) is 6.07 Å². The zero-order valence-corrected chi connectivity index (χ0v) is 12.6. The maximum atomic E-state index is 5.84. The van der Waals surface area contributed by atoms with Gasteiger partial charge in [0.25, 0.3) is 0 Å². The molecule has 0 radical (unpaired) electrons. The average molecular weight is 262 g/mol. The second kappa shape index (κ2) is 5.61. The van der Waals surface area contributed by atoms with E-state index in [0.717, 1.165) is 26.3 Å². The minimum absolute atomic E-state index is 0.167. The Hall–Kier alpha value is -0.900. The molecule has 1 heterocycles. The molecule has 1 fully saturated rings. The largest absolute Gasteiger partial charge is 0.380 e. The number of nitrogens with one attached hydrogen (secondary N) is 1. The highest BCUT2D eigenvalue weighted by molar-refractivity contribution is 5.43. The molecule has 1 aromatic rings. The minimum atomic E-state index is 0.167. The van der Waals surface area contributed by atoms with Crippen LogP contribution in [0, 0.1) is 33.1 Å². The van der Waals surface area contributed by atoms with Crippen LogP contribution in [0.25, 0.3) is 0 Å². The highest BCUT2D eigenvalue weighted by Crippen LogP contribution is 2.26. The number of ether oxygens (including phenoxy) is 1. The molecule has 1 aliphatic heterocycles. The number of aryl methyl sites for hydroxylation is 2. The van der Waals surface area contributed by atoms with Gasteiger partial charge in [0.15, 0.2) is 0 Å². The molecule has 0 saturated carbocycles. The quantitative estimate of drug-likeness (QED) is 0.853. The van der Waals surface area contributed by atoms with E-state index in [4.69, 9.17) is 10.5 Å². The Bertz CT molecular complexity index is 433. The topological polar surface area (TPSA) is 47.3 Å². The van der Waals surface area contributed by atoms with Gasteiger partial charge in [-0.05, 0) is 55.5 Å². The van der Waals surface area contributed by atoms with Gasteiger partial charge in [0.05, 0.1) is 13.2 Å². The number of benzene rings is 1. The zero-order chi connectivity index (χ0) is 14.0. The fourth-order valence-corrected chi connectivity index (χ4v) is 2.70. The molecule has 1 saturated heterocycles. The van der Waals surface area contributed by atoms with E-state index >= 15 is 0 Å². The highest BCUT2D eigenvalue weighted by atomic mass is 16.5. The molecule has 0 unspecified atom stereocenters. The standard InChI is InChI=1S/C16H26N2O/c1-11-5-12(2)14(4)15(13(11)3)6-18-8-16(7-17)9-19-10-16/h5,18H,6-10,17H2,1-4H3. The maximum absolute atomic E-state index is 5.84. The van der Waals surface area contributed by atoms with Crippen molar-refractivity contribution in [1.82, 2.24) is 5.32 Å². The molecule has 3 N–H and O–H groups in total. The van der Waals surface area contributed by atoms with Gasteiger partial charge in [-0.15, -0.1) is 0 Å². The van der Waals surface area contributed by atoms with Gasteiger partial charge in [0, 0.05) is 25.0 Å². The van der Waals surface area contributed by atoms with Crippen molar-refractivity contribution >= 4 is 0 Å². The van der Waals surface area contributed by atoms with E-state index in [1.54, 1.807) is 0 Å². The summed E-state index contributed by atoms with van der Waals surface area (Å²) in [6.07, 6.45) is 0. The normalized spacial score (nSPS) is 17.3. The Balaban J connectivity index is 2.03. The smallest absolute Gasteiger partial charge is 0.0569 e. The van der Waals surface area contributed by atoms with Crippen LogP contribution in [0.3, 0.4) is 0 Å². The summed E-state index contributed by atoms with van der Waals surface area (Å²) in [5.41, 5.74) is 13.0. The van der Waals surface area contributed by atoms with E-state index in [-0.39, 0.29) is 5.41 Å². The van der Waals surface area contributed by atoms with Crippen LogP contribution in [0.5, 0.6) is 0 Å². The second-order valence-corrected chi connectivity index (χ2v) is 6.04. The lowest BCUT2D eigenvalue weighted by Gasteiger charge is -2.40. The molecule has 1 aliphatic rings. The molecule has 0 bridgehead atoms. The van der Waals surface area contributed by atoms with Crippen LogP contribution in [0.2, 0.25) is 0 Å². The Kier molecular flexibility index (Phi) is 4.29. The average Bonchev–Trinajstić information content (AvgIpc) is 2.34. The first-order valence-electron chi connectivity index (χ1n) is 7.04. The van der Waals surface area contributed by atoms with E-state index in [1.807, 2.05) is 0 Å². The lowest BCUT2D eigenvalue weighted by molar-refractivity contribution is -0.105. The lowest BCUT2D eigenvalue weighted by Crippen LogP contribution is -2.54. The number of nitrogens with two attached hydrogens (primary N) is 1. The van der Waals surface area contributed by atoms with Gasteiger partial charge >= 0.3 is 0 Å². The van der Waals surface area contributed by atoms with Crippen LogP contribution in [0.1, 0.15) is 27.8 Å². The van der Waals surface area contributed by atoms with Crippen LogP contribution in [0.4, 0.5) is 0 Å². The SMILES string of the molecule is Cc1cc(C)c(C)c(CNCC2(CN)COC2)c1C. The molecule has 0 atom stereocenters. The molecule has 0 amide bonds. The van der Waals surface area contributed by atoms with Gasteiger partial charge < -0.3 is 15.8 Å². The molecule has 3 heteroatoms. The molecule has 0 aliphatic carbocycles. The third kappa shape index (κ3) is 2.83. The Morgan fingerprint density at radius 3 is 2.16 bits per heavy atom. The summed E-state index contributed by atoms with van der Waals surface area (Å²) in [5, 5.41) is 3.57. The van der Waals surface area contributed by atoms with Crippen LogP contribution < -0.4 is 11.1 Å². The van der Waals surface area contributed by atoms with Crippen molar-refractivity contribution in [2.24, 2.45) is 11.1 Å². The fourth-order valence-electron chi connectivity index (χ4n) is 2.70. The summed E-state index contributed by atoms with van der Waals surface area (Å²) in [6, 6.07) is 2.27. The zero-order valence-electron chi connectivity index (χ0n) is 12.6. The first-order chi connectivity index (χ1) is 8.99. The Labute approximate surface area is 116 Å². The first-order valence-corrected chi connectivity index (χ1v) is 7.04. The molecular formula is C16H26N2O. The van der Waals surface area contributed by atoms with E-state index in [0.29, 0.717) is 6.54 Å². The van der Waals surface area contributed by atoms with E-state index in [9.17, 15) is 0 Å². The summed E-state index contributed by atoms with van der Waals surface area (Å²) in [5.74, 6) is 0. The van der Waals surface area contributed by atoms with Gasteiger partial charge in [0.1, 0.15) is 0 Å². The van der Waals surface area contributed by atoms with Gasteiger partial charge in [-0.3, -0.25) is 0 Å². The molecule has 19 heavy (non-hydrogen) atoms. The summed E-state index contributed by atoms with van der Waals surface area (Å²) in [4.78, 5) is 0. The number of hydrogen-bond donors (Lipinski definition) is 2. The minimum Gasteiger partial charge on any atom is -0.380 e. The molecule has 2 rings (SSSR count). The van der Waals surface area contributed by atoms with Crippen molar-refractivity contribution < 1.29 is 4.74 Å². The van der Waals surface area contributed by atoms with Gasteiger partial charge in [0.2, 0.25) is 0 Å². The molecule has 0 spiro atoms. The Morgan fingerprint density at radius 2 is 1.74 bits per heavy atom.